The van der Waals surface area contributed by atoms with Gasteiger partial charge in [0.2, 0.25) is 3.79 Å². The van der Waals surface area contributed by atoms with E-state index in [0.717, 1.165) is 5.56 Å². The van der Waals surface area contributed by atoms with Crippen molar-refractivity contribution in [3.63, 3.8) is 0 Å². The topological polar surface area (TPSA) is 105 Å². The lowest BCUT2D eigenvalue weighted by Gasteiger charge is -2.32. The molecule has 3 unspecified atom stereocenters. The Morgan fingerprint density at radius 2 is 1.50 bits per heavy atom. The van der Waals surface area contributed by atoms with Gasteiger partial charge in [-0.05, 0) is 40.2 Å². The highest BCUT2D eigenvalue weighted by atomic mass is 35.6. The number of esters is 1. The highest BCUT2D eigenvalue weighted by Gasteiger charge is 2.44. The van der Waals surface area contributed by atoms with Crippen molar-refractivity contribution in [3.8, 4) is 0 Å². The van der Waals surface area contributed by atoms with Crippen LogP contribution in [-0.4, -0.2) is 52.4 Å². The molecule has 0 saturated heterocycles. The summed E-state index contributed by atoms with van der Waals surface area (Å²) in [5.41, 5.74) is -1.40. The molecule has 0 aliphatic carbocycles. The van der Waals surface area contributed by atoms with Crippen molar-refractivity contribution >= 4 is 58.5 Å². The molecule has 0 saturated carbocycles. The first-order chi connectivity index (χ1) is 17.3. The molecule has 214 valence electrons. The van der Waals surface area contributed by atoms with Crippen LogP contribution in [0.3, 0.4) is 0 Å². The van der Waals surface area contributed by atoms with Crippen molar-refractivity contribution in [2.75, 3.05) is 13.2 Å². The average molecular weight is 596 g/mol. The fourth-order valence-corrected chi connectivity index (χ4v) is 3.78. The van der Waals surface area contributed by atoms with E-state index in [1.165, 1.54) is 20.8 Å². The summed E-state index contributed by atoms with van der Waals surface area (Å²) >= 11 is 16.9. The predicted molar refractivity (Wildman–Crippen MR) is 145 cm³/mol. The monoisotopic (exact) mass is 594 g/mol. The molecule has 0 fully saturated rings. The Balaban J connectivity index is 3.02. The molecule has 0 amide bonds. The molecular formula is C27H37Cl3O8. The second kappa shape index (κ2) is 14.5. The zero-order chi connectivity index (χ0) is 29.3. The van der Waals surface area contributed by atoms with Crippen LogP contribution in [-0.2, 0) is 39.9 Å². The molecule has 1 aromatic carbocycles. The number of hydrogen-bond acceptors (Lipinski definition) is 8. The highest BCUT2D eigenvalue weighted by Crippen LogP contribution is 2.31. The van der Waals surface area contributed by atoms with Crippen LogP contribution in [0.1, 0.15) is 60.5 Å². The van der Waals surface area contributed by atoms with Gasteiger partial charge in [0, 0.05) is 5.92 Å². The van der Waals surface area contributed by atoms with Gasteiger partial charge in [0.25, 0.3) is 0 Å². The molecule has 8 nitrogen and oxygen atoms in total. The smallest absolute Gasteiger partial charge is 0.460 e. The molecule has 0 spiro atoms. The van der Waals surface area contributed by atoms with Gasteiger partial charge >= 0.3 is 12.1 Å². The van der Waals surface area contributed by atoms with Gasteiger partial charge in [-0.15, -0.1) is 0 Å². The predicted octanol–water partition coefficient (Wildman–Crippen LogP) is 6.26. The van der Waals surface area contributed by atoms with E-state index in [1.54, 1.807) is 27.7 Å². The number of benzene rings is 1. The first-order valence-electron chi connectivity index (χ1n) is 12.1. The van der Waals surface area contributed by atoms with Gasteiger partial charge in [0.15, 0.2) is 11.6 Å². The van der Waals surface area contributed by atoms with Crippen LogP contribution in [0.15, 0.2) is 30.3 Å². The molecule has 0 aromatic heterocycles. The first-order valence-corrected chi connectivity index (χ1v) is 13.3. The number of ketones is 2. The minimum absolute atomic E-state index is 0.126. The number of alkyl halides is 3. The van der Waals surface area contributed by atoms with Crippen LogP contribution in [0.2, 0.25) is 0 Å². The number of Topliss-reactive ketones (excluding diaryl/α,β-unsaturated/α-hetero) is 2. The Kier molecular flexibility index (Phi) is 13.0. The van der Waals surface area contributed by atoms with E-state index in [-0.39, 0.29) is 6.61 Å². The minimum atomic E-state index is -1.85. The quantitative estimate of drug-likeness (QED) is 0.149. The molecule has 3 atom stereocenters. The fourth-order valence-electron chi connectivity index (χ4n) is 3.61. The van der Waals surface area contributed by atoms with Gasteiger partial charge in [-0.2, -0.15) is 0 Å². The Bertz CT molecular complexity index is 951. The van der Waals surface area contributed by atoms with Crippen LogP contribution < -0.4 is 0 Å². The molecule has 11 heteroatoms. The Hall–Kier alpha value is -1.87. The van der Waals surface area contributed by atoms with E-state index in [0.29, 0.717) is 6.61 Å². The summed E-state index contributed by atoms with van der Waals surface area (Å²) in [6, 6.07) is 9.45. The summed E-state index contributed by atoms with van der Waals surface area (Å²) in [7, 11) is 0. The molecule has 0 N–H and O–H groups in total. The standard InChI is InChI=1S/C27H37Cl3O8/c1-17(14-35-15-19-11-9-8-10-12-19)22(37-24(34)36-16-27(28,29)30)18(2)23(33)26(6,7)20(31)13-21(32)38-25(3,4)5/h8-12,17-18,22H,13-16H2,1-7H3. The largest absolute Gasteiger partial charge is 0.508 e. The second-order valence-corrected chi connectivity index (χ2v) is 13.2. The Labute approximate surface area is 239 Å². The molecule has 0 heterocycles. The molecule has 0 radical (unpaired) electrons. The summed E-state index contributed by atoms with van der Waals surface area (Å²) in [5, 5.41) is 0. The SMILES string of the molecule is CC(COCc1ccccc1)C(OC(=O)OCC(Cl)(Cl)Cl)C(C)C(=O)C(C)(C)C(=O)CC(=O)OC(C)(C)C. The maximum absolute atomic E-state index is 13.5. The molecule has 1 aromatic rings. The fraction of sp³-hybridized carbons (Fsp3) is 0.630. The van der Waals surface area contributed by atoms with Crippen molar-refractivity contribution in [1.82, 2.24) is 0 Å². The first kappa shape index (κ1) is 34.2. The molecule has 1 rings (SSSR count). The summed E-state index contributed by atoms with van der Waals surface area (Å²) < 4.78 is 19.5. The van der Waals surface area contributed by atoms with Gasteiger partial charge in [0.1, 0.15) is 24.7 Å². The normalized spacial score (nSPS) is 14.7. The number of halogens is 3. The third-order valence-corrected chi connectivity index (χ3v) is 5.91. The van der Waals surface area contributed by atoms with E-state index >= 15 is 0 Å². The zero-order valence-electron chi connectivity index (χ0n) is 22.8. The maximum atomic E-state index is 13.5. The highest BCUT2D eigenvalue weighted by molar-refractivity contribution is 6.67. The van der Waals surface area contributed by atoms with Gasteiger partial charge in [-0.3, -0.25) is 14.4 Å². The number of hydrogen-bond donors (Lipinski definition) is 0. The summed E-state index contributed by atoms with van der Waals surface area (Å²) in [6.45, 7) is 11.0. The van der Waals surface area contributed by atoms with E-state index in [4.69, 9.17) is 53.8 Å². The van der Waals surface area contributed by atoms with Crippen LogP contribution in [0, 0.1) is 17.3 Å². The van der Waals surface area contributed by atoms with E-state index < -0.39 is 69.5 Å². The lowest BCUT2D eigenvalue weighted by molar-refractivity contribution is -0.158. The lowest BCUT2D eigenvalue weighted by Crippen LogP contribution is -2.46. The summed E-state index contributed by atoms with van der Waals surface area (Å²) in [6.07, 6.45) is -2.77. The lowest BCUT2D eigenvalue weighted by atomic mass is 9.74. The van der Waals surface area contributed by atoms with Crippen LogP contribution >= 0.6 is 34.8 Å². The molecule has 0 aliphatic heterocycles. The Morgan fingerprint density at radius 1 is 0.921 bits per heavy atom. The number of rotatable bonds is 13. The number of ether oxygens (including phenoxy) is 4. The molecular weight excluding hydrogens is 559 g/mol. The van der Waals surface area contributed by atoms with E-state index in [9.17, 15) is 19.2 Å². The summed E-state index contributed by atoms with van der Waals surface area (Å²) in [5.74, 6) is -3.34. The van der Waals surface area contributed by atoms with Crippen LogP contribution in [0.5, 0.6) is 0 Å². The van der Waals surface area contributed by atoms with Crippen molar-refractivity contribution in [2.24, 2.45) is 17.3 Å². The van der Waals surface area contributed by atoms with Crippen molar-refractivity contribution in [1.29, 1.82) is 0 Å². The minimum Gasteiger partial charge on any atom is -0.460 e. The van der Waals surface area contributed by atoms with Crippen molar-refractivity contribution < 1.29 is 38.1 Å². The summed E-state index contributed by atoms with van der Waals surface area (Å²) in [4.78, 5) is 51.0. The average Bonchev–Trinajstić information content (AvgIpc) is 2.79. The van der Waals surface area contributed by atoms with Crippen LogP contribution in [0.25, 0.3) is 0 Å². The molecule has 0 aliphatic rings. The van der Waals surface area contributed by atoms with Crippen molar-refractivity contribution in [3.05, 3.63) is 35.9 Å². The van der Waals surface area contributed by atoms with E-state index in [2.05, 4.69) is 0 Å². The van der Waals surface area contributed by atoms with Gasteiger partial charge in [-0.1, -0.05) is 79.0 Å². The van der Waals surface area contributed by atoms with Crippen molar-refractivity contribution in [2.45, 2.75) is 77.0 Å². The van der Waals surface area contributed by atoms with Gasteiger partial charge in [-0.25, -0.2) is 4.79 Å². The zero-order valence-corrected chi connectivity index (χ0v) is 25.1. The second-order valence-electron chi connectivity index (χ2n) is 10.7. The van der Waals surface area contributed by atoms with Gasteiger partial charge < -0.3 is 18.9 Å². The number of carbonyl (C=O) groups is 4. The van der Waals surface area contributed by atoms with Gasteiger partial charge in [0.05, 0.1) is 24.5 Å². The third-order valence-electron chi connectivity index (χ3n) is 5.58. The van der Waals surface area contributed by atoms with Crippen LogP contribution in [0.4, 0.5) is 4.79 Å². The third kappa shape index (κ3) is 12.3. The molecule has 38 heavy (non-hydrogen) atoms. The van der Waals surface area contributed by atoms with E-state index in [1.807, 2.05) is 30.3 Å². The molecule has 0 bridgehead atoms. The number of carbonyl (C=O) groups excluding carboxylic acids is 4. The Morgan fingerprint density at radius 3 is 2.03 bits per heavy atom. The maximum Gasteiger partial charge on any atom is 0.508 e.